The number of hydrogen-bond acceptors (Lipinski definition) is 8. The molecule has 37 heavy (non-hydrogen) atoms. The Hall–Kier alpha value is -2.98. The maximum atomic E-state index is 12.7. The molecule has 8 nitrogen and oxygen atoms in total. The molecule has 1 fully saturated rings. The summed E-state index contributed by atoms with van der Waals surface area (Å²) in [5, 5.41) is -0.525. The minimum absolute atomic E-state index is 0.0772. The Morgan fingerprint density at radius 3 is 2.38 bits per heavy atom. The van der Waals surface area contributed by atoms with Crippen LogP contribution < -0.4 is 14.2 Å². The summed E-state index contributed by atoms with van der Waals surface area (Å²) in [6.07, 6.45) is 1.57. The second-order valence-electron chi connectivity index (χ2n) is 9.08. The van der Waals surface area contributed by atoms with E-state index in [1.54, 1.807) is 25.1 Å². The van der Waals surface area contributed by atoms with Gasteiger partial charge in [0.2, 0.25) is 0 Å². The molecular weight excluding hydrogens is 562 g/mol. The number of halogens is 1. The Balaban J connectivity index is 1.64. The summed E-state index contributed by atoms with van der Waals surface area (Å²) in [4.78, 5) is 37.7. The predicted molar refractivity (Wildman–Crippen MR) is 146 cm³/mol. The van der Waals surface area contributed by atoms with Crippen LogP contribution in [0.4, 0.5) is 4.79 Å². The molecule has 0 atom stereocenters. The zero-order chi connectivity index (χ0) is 27.2. The SMILES string of the molecule is CCOC(=O)CN1C(=O)S/C(=C\c2cc(Br)c(OCCOc3ccc(C(C)(C)C)cc3)c(OC)c2)C1=O. The van der Waals surface area contributed by atoms with Gasteiger partial charge >= 0.3 is 5.97 Å². The quantitative estimate of drug-likeness (QED) is 0.194. The Bertz CT molecular complexity index is 1190. The van der Waals surface area contributed by atoms with Crippen molar-refractivity contribution in [1.29, 1.82) is 0 Å². The Morgan fingerprint density at radius 1 is 1.08 bits per heavy atom. The third kappa shape index (κ3) is 7.52. The van der Waals surface area contributed by atoms with E-state index in [0.29, 0.717) is 28.1 Å². The van der Waals surface area contributed by atoms with E-state index < -0.39 is 23.7 Å². The van der Waals surface area contributed by atoms with Crippen LogP contribution in [0.1, 0.15) is 38.8 Å². The number of methoxy groups -OCH3 is 1. The van der Waals surface area contributed by atoms with E-state index in [1.165, 1.54) is 12.7 Å². The van der Waals surface area contributed by atoms with Gasteiger partial charge in [-0.25, -0.2) is 0 Å². The van der Waals surface area contributed by atoms with Gasteiger partial charge in [-0.05, 0) is 81.5 Å². The van der Waals surface area contributed by atoms with E-state index >= 15 is 0 Å². The molecule has 2 amide bonds. The monoisotopic (exact) mass is 591 g/mol. The molecule has 1 aliphatic rings. The highest BCUT2D eigenvalue weighted by Gasteiger charge is 2.36. The Labute approximate surface area is 229 Å². The zero-order valence-electron chi connectivity index (χ0n) is 21.5. The highest BCUT2D eigenvalue weighted by Crippen LogP contribution is 2.39. The summed E-state index contributed by atoms with van der Waals surface area (Å²) >= 11 is 4.26. The van der Waals surface area contributed by atoms with E-state index in [1.807, 2.05) is 12.1 Å². The molecule has 2 aromatic carbocycles. The first-order valence-electron chi connectivity index (χ1n) is 11.7. The molecule has 1 heterocycles. The number of carbonyl (C=O) groups excluding carboxylic acids is 3. The smallest absolute Gasteiger partial charge is 0.326 e. The number of hydrogen-bond donors (Lipinski definition) is 0. The van der Waals surface area contributed by atoms with Crippen LogP contribution in [0.3, 0.4) is 0 Å². The van der Waals surface area contributed by atoms with Crippen LogP contribution in [0.15, 0.2) is 45.8 Å². The summed E-state index contributed by atoms with van der Waals surface area (Å²) in [7, 11) is 1.51. The molecule has 0 N–H and O–H groups in total. The molecule has 198 valence electrons. The van der Waals surface area contributed by atoms with Crippen molar-refractivity contribution in [2.24, 2.45) is 0 Å². The molecule has 0 bridgehead atoms. The van der Waals surface area contributed by atoms with Crippen molar-refractivity contribution in [3.63, 3.8) is 0 Å². The summed E-state index contributed by atoms with van der Waals surface area (Å²) < 4.78 is 22.6. The first kappa shape index (κ1) is 28.6. The maximum Gasteiger partial charge on any atom is 0.326 e. The second-order valence-corrected chi connectivity index (χ2v) is 10.9. The largest absolute Gasteiger partial charge is 0.493 e. The number of rotatable bonds is 10. The minimum atomic E-state index is -0.636. The lowest BCUT2D eigenvalue weighted by Crippen LogP contribution is -2.34. The summed E-state index contributed by atoms with van der Waals surface area (Å²) in [5.74, 6) is 0.506. The summed E-state index contributed by atoms with van der Waals surface area (Å²) in [6.45, 7) is 8.50. The third-order valence-corrected chi connectivity index (χ3v) is 6.83. The summed E-state index contributed by atoms with van der Waals surface area (Å²) in [5.41, 5.74) is 1.93. The van der Waals surface area contributed by atoms with Gasteiger partial charge < -0.3 is 18.9 Å². The van der Waals surface area contributed by atoms with Crippen molar-refractivity contribution in [2.75, 3.05) is 33.5 Å². The van der Waals surface area contributed by atoms with Crippen LogP contribution in [0, 0.1) is 0 Å². The maximum absolute atomic E-state index is 12.7. The number of ether oxygens (including phenoxy) is 4. The van der Waals surface area contributed by atoms with Crippen molar-refractivity contribution >= 4 is 50.9 Å². The van der Waals surface area contributed by atoms with Gasteiger partial charge in [-0.1, -0.05) is 32.9 Å². The van der Waals surface area contributed by atoms with Gasteiger partial charge in [0.1, 0.15) is 25.5 Å². The molecule has 0 aliphatic carbocycles. The standard InChI is InChI=1S/C27H30BrNO7S/c1-6-34-23(30)16-29-25(31)22(37-26(29)32)15-17-13-20(28)24(21(14-17)33-5)36-12-11-35-19-9-7-18(8-10-19)27(2,3)4/h7-10,13-15H,6,11-12,16H2,1-5H3/b22-15-. The fourth-order valence-electron chi connectivity index (χ4n) is 3.44. The van der Waals surface area contributed by atoms with Crippen LogP contribution in [0.2, 0.25) is 0 Å². The molecular formula is C27H30BrNO7S. The topological polar surface area (TPSA) is 91.4 Å². The fraction of sp³-hybridized carbons (Fsp3) is 0.370. The predicted octanol–water partition coefficient (Wildman–Crippen LogP) is 5.81. The van der Waals surface area contributed by atoms with E-state index in [2.05, 4.69) is 48.8 Å². The van der Waals surface area contributed by atoms with Crippen molar-refractivity contribution in [2.45, 2.75) is 33.1 Å². The lowest BCUT2D eigenvalue weighted by Gasteiger charge is -2.19. The number of amides is 2. The van der Waals surface area contributed by atoms with Gasteiger partial charge in [-0.3, -0.25) is 19.3 Å². The first-order chi connectivity index (χ1) is 17.5. The number of benzene rings is 2. The molecule has 0 spiro atoms. The lowest BCUT2D eigenvalue weighted by molar-refractivity contribution is -0.145. The van der Waals surface area contributed by atoms with E-state index in [4.69, 9.17) is 18.9 Å². The van der Waals surface area contributed by atoms with Gasteiger partial charge in [0, 0.05) is 0 Å². The van der Waals surface area contributed by atoms with E-state index in [0.717, 1.165) is 22.4 Å². The highest BCUT2D eigenvalue weighted by molar-refractivity contribution is 9.10. The van der Waals surface area contributed by atoms with Crippen LogP contribution in [-0.4, -0.2) is 55.5 Å². The van der Waals surface area contributed by atoms with Gasteiger partial charge in [0.15, 0.2) is 11.5 Å². The van der Waals surface area contributed by atoms with Crippen molar-refractivity contribution in [1.82, 2.24) is 4.90 Å². The molecule has 2 aromatic rings. The number of imide groups is 1. The molecule has 0 aromatic heterocycles. The average Bonchev–Trinajstić information content (AvgIpc) is 3.09. The number of thioether (sulfide) groups is 1. The van der Waals surface area contributed by atoms with Crippen molar-refractivity contribution < 1.29 is 33.3 Å². The van der Waals surface area contributed by atoms with Crippen molar-refractivity contribution in [3.05, 3.63) is 56.9 Å². The van der Waals surface area contributed by atoms with Crippen molar-refractivity contribution in [3.8, 4) is 17.2 Å². The molecule has 10 heteroatoms. The van der Waals surface area contributed by atoms with Gasteiger partial charge in [-0.15, -0.1) is 0 Å². The average molecular weight is 593 g/mol. The Kier molecular flexibility index (Phi) is 9.67. The number of nitrogens with zero attached hydrogens (tertiary/aromatic N) is 1. The van der Waals surface area contributed by atoms with Crippen LogP contribution in [0.5, 0.6) is 17.2 Å². The third-order valence-electron chi connectivity index (χ3n) is 5.33. The molecule has 3 rings (SSSR count). The minimum Gasteiger partial charge on any atom is -0.493 e. The molecule has 1 saturated heterocycles. The normalized spacial score (nSPS) is 14.8. The first-order valence-corrected chi connectivity index (χ1v) is 13.3. The van der Waals surface area contributed by atoms with E-state index in [9.17, 15) is 14.4 Å². The number of esters is 1. The molecule has 0 saturated carbocycles. The van der Waals surface area contributed by atoms with Crippen LogP contribution in [0.25, 0.3) is 6.08 Å². The fourth-order valence-corrected chi connectivity index (χ4v) is 4.85. The van der Waals surface area contributed by atoms with Gasteiger partial charge in [-0.2, -0.15) is 0 Å². The van der Waals surface area contributed by atoms with E-state index in [-0.39, 0.29) is 23.5 Å². The lowest BCUT2D eigenvalue weighted by atomic mass is 9.87. The van der Waals surface area contributed by atoms with Gasteiger partial charge in [0.25, 0.3) is 11.1 Å². The zero-order valence-corrected chi connectivity index (χ0v) is 23.9. The summed E-state index contributed by atoms with van der Waals surface area (Å²) in [6, 6.07) is 11.5. The molecule has 0 unspecified atom stereocenters. The number of carbonyl (C=O) groups is 3. The Morgan fingerprint density at radius 2 is 1.76 bits per heavy atom. The molecule has 0 radical (unpaired) electrons. The van der Waals surface area contributed by atoms with Crippen LogP contribution >= 0.6 is 27.7 Å². The highest BCUT2D eigenvalue weighted by atomic mass is 79.9. The van der Waals surface area contributed by atoms with Crippen LogP contribution in [-0.2, 0) is 19.7 Å². The van der Waals surface area contributed by atoms with Gasteiger partial charge in [0.05, 0.1) is 23.1 Å². The second kappa shape index (κ2) is 12.5. The molecule has 1 aliphatic heterocycles.